The lowest BCUT2D eigenvalue weighted by molar-refractivity contribution is -0.153. The second kappa shape index (κ2) is 16.0. The molecule has 176 valence electrons. The van der Waals surface area contributed by atoms with Crippen LogP contribution in [0, 0.1) is 0 Å². The quantitative estimate of drug-likeness (QED) is 0.0885. The van der Waals surface area contributed by atoms with Crippen LogP contribution in [0.15, 0.2) is 12.2 Å². The van der Waals surface area contributed by atoms with Crippen molar-refractivity contribution >= 4 is 13.8 Å². The Labute approximate surface area is 180 Å². The van der Waals surface area contributed by atoms with Gasteiger partial charge in [-0.2, -0.15) is 0 Å². The van der Waals surface area contributed by atoms with E-state index in [2.05, 4.69) is 23.6 Å². The summed E-state index contributed by atoms with van der Waals surface area (Å²) in [5.41, 5.74) is 0. The van der Waals surface area contributed by atoms with Gasteiger partial charge in [-0.3, -0.25) is 9.32 Å². The molecule has 1 aliphatic heterocycles. The fourth-order valence-electron chi connectivity index (χ4n) is 3.20. The topological polar surface area (TPSA) is 126 Å². The molecule has 1 fully saturated rings. The van der Waals surface area contributed by atoms with Crippen molar-refractivity contribution in [2.24, 2.45) is 0 Å². The Bertz CT molecular complexity index is 533. The average Bonchev–Trinajstić information content (AvgIpc) is 3.44. The van der Waals surface area contributed by atoms with Crippen molar-refractivity contribution in [3.63, 3.8) is 0 Å². The monoisotopic (exact) mass is 450 g/mol. The number of carbonyl (C=O) groups is 1. The maximum atomic E-state index is 11.7. The van der Waals surface area contributed by atoms with Crippen LogP contribution in [0.4, 0.5) is 0 Å². The molecule has 1 saturated heterocycles. The van der Waals surface area contributed by atoms with Gasteiger partial charge in [0.05, 0.1) is 25.4 Å². The Morgan fingerprint density at radius 3 is 2.50 bits per heavy atom. The molecule has 30 heavy (non-hydrogen) atoms. The molecule has 1 heterocycles. The van der Waals surface area contributed by atoms with Crippen LogP contribution < -0.4 is 0 Å². The zero-order valence-corrected chi connectivity index (χ0v) is 19.0. The van der Waals surface area contributed by atoms with E-state index in [1.807, 2.05) is 0 Å². The Balaban J connectivity index is 1.94. The van der Waals surface area contributed by atoms with Gasteiger partial charge in [-0.15, -0.1) is 0 Å². The van der Waals surface area contributed by atoms with Gasteiger partial charge in [-0.25, -0.2) is 4.57 Å². The average molecular weight is 451 g/mol. The molecule has 1 aliphatic rings. The molecule has 0 radical (unpaired) electrons. The largest absolute Gasteiger partial charge is 0.469 e. The first-order chi connectivity index (χ1) is 14.4. The van der Waals surface area contributed by atoms with Gasteiger partial charge in [0, 0.05) is 6.42 Å². The van der Waals surface area contributed by atoms with Gasteiger partial charge in [-0.05, 0) is 32.1 Å². The SMILES string of the molecule is CCCCC/C=C\CC1OC1CCCCCCCC(=O)OC(CO)COP(=O)(O)O. The highest BCUT2D eigenvalue weighted by atomic mass is 31.2. The Hall–Kier alpha value is -0.760. The summed E-state index contributed by atoms with van der Waals surface area (Å²) in [4.78, 5) is 29.0. The lowest BCUT2D eigenvalue weighted by Gasteiger charge is -2.15. The van der Waals surface area contributed by atoms with Crippen molar-refractivity contribution in [1.29, 1.82) is 0 Å². The van der Waals surface area contributed by atoms with E-state index in [0.29, 0.717) is 18.6 Å². The summed E-state index contributed by atoms with van der Waals surface area (Å²) in [5.74, 6) is -0.500. The van der Waals surface area contributed by atoms with Crippen LogP contribution in [0.1, 0.15) is 84.0 Å². The zero-order valence-electron chi connectivity index (χ0n) is 18.1. The lowest BCUT2D eigenvalue weighted by atomic mass is 10.1. The third-order valence-corrected chi connectivity index (χ3v) is 5.48. The van der Waals surface area contributed by atoms with Crippen LogP contribution in [0.2, 0.25) is 0 Å². The fraction of sp³-hybridized carbons (Fsp3) is 0.857. The van der Waals surface area contributed by atoms with E-state index in [1.54, 1.807) is 0 Å². The van der Waals surface area contributed by atoms with Crippen LogP contribution >= 0.6 is 7.82 Å². The van der Waals surface area contributed by atoms with E-state index in [1.165, 1.54) is 25.7 Å². The molecule has 3 N–H and O–H groups in total. The number of esters is 1. The van der Waals surface area contributed by atoms with Crippen molar-refractivity contribution in [3.8, 4) is 0 Å². The predicted octanol–water partition coefficient (Wildman–Crippen LogP) is 4.02. The van der Waals surface area contributed by atoms with Gasteiger partial charge in [0.2, 0.25) is 0 Å². The number of epoxide rings is 1. The summed E-state index contributed by atoms with van der Waals surface area (Å²) in [7, 11) is -4.65. The third-order valence-electron chi connectivity index (χ3n) is 5.00. The summed E-state index contributed by atoms with van der Waals surface area (Å²) >= 11 is 0. The number of rotatable bonds is 19. The number of hydrogen-bond donors (Lipinski definition) is 3. The molecule has 8 nitrogen and oxygen atoms in total. The molecule has 0 amide bonds. The normalized spacial score (nSPS) is 19.9. The lowest BCUT2D eigenvalue weighted by Crippen LogP contribution is -2.26. The van der Waals surface area contributed by atoms with Crippen LogP contribution in [-0.4, -0.2) is 52.4 Å². The van der Waals surface area contributed by atoms with Crippen LogP contribution in [-0.2, 0) is 23.4 Å². The summed E-state index contributed by atoms with van der Waals surface area (Å²) in [5, 5.41) is 9.08. The number of aliphatic hydroxyl groups is 1. The maximum Gasteiger partial charge on any atom is 0.469 e. The second-order valence-electron chi connectivity index (χ2n) is 7.80. The molecular weight excluding hydrogens is 411 g/mol. The molecular formula is C21H39O8P. The summed E-state index contributed by atoms with van der Waals surface area (Å²) < 4.78 is 25.5. The Morgan fingerprint density at radius 1 is 1.07 bits per heavy atom. The zero-order chi connectivity index (χ0) is 22.2. The molecule has 0 aromatic heterocycles. The van der Waals surface area contributed by atoms with Crippen LogP contribution in [0.25, 0.3) is 0 Å². The van der Waals surface area contributed by atoms with E-state index in [-0.39, 0.29) is 6.42 Å². The maximum absolute atomic E-state index is 11.7. The third kappa shape index (κ3) is 15.1. The molecule has 0 spiro atoms. The van der Waals surface area contributed by atoms with E-state index < -0.39 is 33.1 Å². The minimum absolute atomic E-state index is 0.213. The number of phosphoric ester groups is 1. The van der Waals surface area contributed by atoms with Gasteiger partial charge in [0.25, 0.3) is 0 Å². The van der Waals surface area contributed by atoms with Crippen molar-refractivity contribution < 1.29 is 38.3 Å². The highest BCUT2D eigenvalue weighted by Crippen LogP contribution is 2.35. The van der Waals surface area contributed by atoms with Gasteiger partial charge < -0.3 is 24.4 Å². The number of unbranched alkanes of at least 4 members (excludes halogenated alkanes) is 7. The molecule has 0 saturated carbocycles. The highest BCUT2D eigenvalue weighted by molar-refractivity contribution is 7.46. The summed E-state index contributed by atoms with van der Waals surface area (Å²) in [6.07, 6.45) is 16.4. The first-order valence-corrected chi connectivity index (χ1v) is 12.7. The van der Waals surface area contributed by atoms with Gasteiger partial charge >= 0.3 is 13.8 Å². The number of carbonyl (C=O) groups excluding carboxylic acids is 1. The second-order valence-corrected chi connectivity index (χ2v) is 9.04. The van der Waals surface area contributed by atoms with E-state index in [9.17, 15) is 9.36 Å². The van der Waals surface area contributed by atoms with E-state index in [0.717, 1.165) is 38.5 Å². The van der Waals surface area contributed by atoms with Crippen LogP contribution in [0.3, 0.4) is 0 Å². The van der Waals surface area contributed by atoms with Gasteiger partial charge in [0.1, 0.15) is 6.10 Å². The molecule has 0 bridgehead atoms. The first-order valence-electron chi connectivity index (χ1n) is 11.2. The molecule has 1 rings (SSSR count). The first kappa shape index (κ1) is 27.3. The van der Waals surface area contributed by atoms with E-state index >= 15 is 0 Å². The number of allylic oxidation sites excluding steroid dienone is 1. The molecule has 0 aliphatic carbocycles. The molecule has 3 unspecified atom stereocenters. The van der Waals surface area contributed by atoms with Crippen molar-refractivity contribution in [2.45, 2.75) is 102 Å². The smallest absolute Gasteiger partial charge is 0.457 e. The predicted molar refractivity (Wildman–Crippen MR) is 114 cm³/mol. The van der Waals surface area contributed by atoms with Crippen molar-refractivity contribution in [1.82, 2.24) is 0 Å². The molecule has 9 heteroatoms. The van der Waals surface area contributed by atoms with E-state index in [4.69, 9.17) is 24.4 Å². The fourth-order valence-corrected chi connectivity index (χ4v) is 3.56. The number of phosphoric acid groups is 1. The van der Waals surface area contributed by atoms with Gasteiger partial charge in [-0.1, -0.05) is 57.6 Å². The number of hydrogen-bond acceptors (Lipinski definition) is 6. The Kier molecular flexibility index (Phi) is 14.5. The standard InChI is InChI=1S/C21H39O8P/c1-2-3-4-5-7-10-13-19-20(29-19)14-11-8-6-9-12-15-21(23)28-18(16-22)17-27-30(24,25)26/h7,10,18-20,22H,2-6,8-9,11-17H2,1H3,(H2,24,25,26)/b10-7-. The molecule has 0 aromatic rings. The summed E-state index contributed by atoms with van der Waals surface area (Å²) in [6, 6.07) is 0. The van der Waals surface area contributed by atoms with Crippen molar-refractivity contribution in [3.05, 3.63) is 12.2 Å². The van der Waals surface area contributed by atoms with Gasteiger partial charge in [0.15, 0.2) is 0 Å². The molecule has 3 atom stereocenters. The minimum Gasteiger partial charge on any atom is -0.457 e. The highest BCUT2D eigenvalue weighted by Gasteiger charge is 2.36. The number of aliphatic hydroxyl groups excluding tert-OH is 1. The molecule has 0 aromatic carbocycles. The van der Waals surface area contributed by atoms with Crippen LogP contribution in [0.5, 0.6) is 0 Å². The summed E-state index contributed by atoms with van der Waals surface area (Å²) in [6.45, 7) is 1.13. The minimum atomic E-state index is -4.65. The van der Waals surface area contributed by atoms with Crippen molar-refractivity contribution in [2.75, 3.05) is 13.2 Å². The number of ether oxygens (including phenoxy) is 2. The Morgan fingerprint density at radius 2 is 1.80 bits per heavy atom.